The van der Waals surface area contributed by atoms with Crippen molar-refractivity contribution >= 4 is 34.3 Å². The van der Waals surface area contributed by atoms with Crippen molar-refractivity contribution in [2.45, 2.75) is 50.4 Å². The van der Waals surface area contributed by atoms with Gasteiger partial charge in [-0.25, -0.2) is 18.6 Å². The summed E-state index contributed by atoms with van der Waals surface area (Å²) < 4.78 is 61.5. The SMILES string of the molecule is COC(=O)c1cc(F)c2nc(CN3CCN(c4cccc5c4O[C@@](C)(c4ccc(Cl)cc4F)O5)[C@@H]4COC[C@@H]43)n(C[C@@H]3CCO3)c2c1. The Morgan fingerprint density at radius 3 is 2.68 bits per heavy atom. The first-order chi connectivity index (χ1) is 22.7. The van der Waals surface area contributed by atoms with E-state index >= 15 is 4.39 Å². The largest absolute Gasteiger partial charge is 0.465 e. The molecule has 13 heteroatoms. The van der Waals surface area contributed by atoms with Crippen LogP contribution in [0.2, 0.25) is 5.02 Å². The van der Waals surface area contributed by atoms with Crippen molar-refractivity contribution in [3.8, 4) is 11.5 Å². The second-order valence-electron chi connectivity index (χ2n) is 12.5. The lowest BCUT2D eigenvalue weighted by Gasteiger charge is -2.44. The number of benzene rings is 3. The molecular formula is C34H33ClF2N4O6. The van der Waals surface area contributed by atoms with Gasteiger partial charge in [-0.1, -0.05) is 17.7 Å². The third-order valence-corrected chi connectivity index (χ3v) is 9.88. The molecule has 0 spiro atoms. The molecule has 0 N–H and O–H groups in total. The van der Waals surface area contributed by atoms with Gasteiger partial charge in [0.05, 0.1) is 73.9 Å². The van der Waals surface area contributed by atoms with Crippen molar-refractivity contribution in [2.24, 2.45) is 0 Å². The highest BCUT2D eigenvalue weighted by Gasteiger charge is 2.46. The van der Waals surface area contributed by atoms with Gasteiger partial charge in [0, 0.05) is 31.6 Å². The quantitative estimate of drug-likeness (QED) is 0.245. The smallest absolute Gasteiger partial charge is 0.338 e. The number of anilines is 1. The number of methoxy groups -OCH3 is 1. The molecule has 0 saturated carbocycles. The van der Waals surface area contributed by atoms with Gasteiger partial charge in [-0.2, -0.15) is 0 Å². The summed E-state index contributed by atoms with van der Waals surface area (Å²) in [7, 11) is 1.27. The number of aromatic nitrogens is 2. The molecule has 0 aliphatic carbocycles. The Morgan fingerprint density at radius 1 is 1.09 bits per heavy atom. The number of carbonyl (C=O) groups excluding carboxylic acids is 1. The number of halogens is 3. The molecule has 0 amide bonds. The van der Waals surface area contributed by atoms with Crippen molar-refractivity contribution < 1.29 is 37.3 Å². The van der Waals surface area contributed by atoms with E-state index in [0.717, 1.165) is 12.1 Å². The molecule has 3 aromatic carbocycles. The first-order valence-electron chi connectivity index (χ1n) is 15.7. The van der Waals surface area contributed by atoms with Crippen LogP contribution in [0.1, 0.15) is 35.1 Å². The van der Waals surface area contributed by atoms with E-state index in [1.54, 1.807) is 25.1 Å². The zero-order valence-corrected chi connectivity index (χ0v) is 26.6. The van der Waals surface area contributed by atoms with E-state index in [0.29, 0.717) is 73.9 Å². The lowest BCUT2D eigenvalue weighted by atomic mass is 10.0. The van der Waals surface area contributed by atoms with Crippen LogP contribution in [0.4, 0.5) is 14.5 Å². The van der Waals surface area contributed by atoms with Crippen molar-refractivity contribution in [3.63, 3.8) is 0 Å². The molecule has 8 rings (SSSR count). The maximum Gasteiger partial charge on any atom is 0.338 e. The highest BCUT2D eigenvalue weighted by Crippen LogP contribution is 2.51. The summed E-state index contributed by atoms with van der Waals surface area (Å²) in [6.07, 6.45) is 0.886. The highest BCUT2D eigenvalue weighted by molar-refractivity contribution is 6.30. The molecule has 4 atom stereocenters. The van der Waals surface area contributed by atoms with Crippen LogP contribution in [0, 0.1) is 11.6 Å². The normalized spacial score (nSPS) is 25.2. The van der Waals surface area contributed by atoms with E-state index in [4.69, 9.17) is 40.3 Å². The summed E-state index contributed by atoms with van der Waals surface area (Å²) in [5.74, 6) is -1.30. The number of para-hydroxylation sites is 1. The Balaban J connectivity index is 1.08. The highest BCUT2D eigenvalue weighted by atomic mass is 35.5. The maximum absolute atomic E-state index is 15.3. The van der Waals surface area contributed by atoms with Crippen LogP contribution < -0.4 is 14.4 Å². The van der Waals surface area contributed by atoms with E-state index in [1.807, 2.05) is 22.8 Å². The number of imidazole rings is 1. The Morgan fingerprint density at radius 2 is 1.91 bits per heavy atom. The minimum atomic E-state index is -1.37. The van der Waals surface area contributed by atoms with Gasteiger partial charge in [0.15, 0.2) is 17.3 Å². The van der Waals surface area contributed by atoms with Gasteiger partial charge >= 0.3 is 5.97 Å². The number of esters is 1. The van der Waals surface area contributed by atoms with E-state index in [2.05, 4.69) is 9.80 Å². The molecule has 3 saturated heterocycles. The first kappa shape index (κ1) is 30.4. The minimum Gasteiger partial charge on any atom is -0.465 e. The van der Waals surface area contributed by atoms with Gasteiger partial charge in [0.2, 0.25) is 0 Å². The Labute approximate surface area is 274 Å². The summed E-state index contributed by atoms with van der Waals surface area (Å²) in [4.78, 5) is 21.6. The van der Waals surface area contributed by atoms with Crippen LogP contribution in [0.15, 0.2) is 48.5 Å². The number of carbonyl (C=O) groups is 1. The molecule has 4 aliphatic heterocycles. The number of ether oxygens (including phenoxy) is 5. The maximum atomic E-state index is 15.3. The third kappa shape index (κ3) is 5.18. The van der Waals surface area contributed by atoms with Gasteiger partial charge in [-0.15, -0.1) is 0 Å². The van der Waals surface area contributed by atoms with E-state index in [-0.39, 0.29) is 34.8 Å². The van der Waals surface area contributed by atoms with Crippen LogP contribution >= 0.6 is 11.6 Å². The van der Waals surface area contributed by atoms with Gasteiger partial charge in [-0.05, 0) is 48.9 Å². The van der Waals surface area contributed by atoms with E-state index in [9.17, 15) is 9.18 Å². The van der Waals surface area contributed by atoms with Gasteiger partial charge in [0.25, 0.3) is 5.79 Å². The fourth-order valence-electron chi connectivity index (χ4n) is 7.15. The topological polar surface area (TPSA) is 87.5 Å². The average Bonchev–Trinajstić information content (AvgIpc) is 3.74. The Hall–Kier alpha value is -3.97. The van der Waals surface area contributed by atoms with E-state index in [1.165, 1.54) is 19.2 Å². The molecule has 3 fully saturated rings. The van der Waals surface area contributed by atoms with Crippen LogP contribution in [0.25, 0.3) is 11.0 Å². The van der Waals surface area contributed by atoms with Gasteiger partial charge < -0.3 is 33.2 Å². The molecular weight excluding hydrogens is 634 g/mol. The summed E-state index contributed by atoms with van der Waals surface area (Å²) in [6, 6.07) is 12.9. The number of hydrogen-bond acceptors (Lipinski definition) is 9. The molecule has 4 aromatic rings. The van der Waals surface area contributed by atoms with Crippen molar-refractivity contribution in [1.82, 2.24) is 14.5 Å². The van der Waals surface area contributed by atoms with Crippen molar-refractivity contribution in [1.29, 1.82) is 0 Å². The number of fused-ring (bicyclic) bond motifs is 3. The molecule has 1 aromatic heterocycles. The summed E-state index contributed by atoms with van der Waals surface area (Å²) in [6.45, 7) is 5.64. The van der Waals surface area contributed by atoms with Crippen LogP contribution in [-0.4, -0.2) is 78.6 Å². The molecule has 5 heterocycles. The third-order valence-electron chi connectivity index (χ3n) is 9.64. The standard InChI is InChI=1S/C34H33ClF2N4O6/c1-34(22-7-6-20(35)14-23(22)36)46-29-5-3-4-25(32(29)47-34)40-10-9-39(27-17-44-18-28(27)40)16-30-38-31-24(37)12-19(33(42)43-2)13-26(31)41(30)15-21-8-11-45-21/h3-7,12-14,21,27-28H,8-11,15-18H2,1-2H3/t21-,27-,28+,34-/m0/s1. The van der Waals surface area contributed by atoms with Crippen LogP contribution in [0.5, 0.6) is 11.5 Å². The molecule has 47 heavy (non-hydrogen) atoms. The van der Waals surface area contributed by atoms with Gasteiger partial charge in [-0.3, -0.25) is 4.90 Å². The van der Waals surface area contributed by atoms with Crippen molar-refractivity contribution in [3.05, 3.63) is 82.1 Å². The molecule has 10 nitrogen and oxygen atoms in total. The second-order valence-corrected chi connectivity index (χ2v) is 12.9. The Kier molecular flexibility index (Phi) is 7.51. The number of piperazine rings is 1. The lowest BCUT2D eigenvalue weighted by Crippen LogP contribution is -2.59. The fourth-order valence-corrected chi connectivity index (χ4v) is 7.31. The average molecular weight is 667 g/mol. The second kappa shape index (κ2) is 11.6. The summed E-state index contributed by atoms with van der Waals surface area (Å²) in [5, 5.41) is 0.291. The first-order valence-corrected chi connectivity index (χ1v) is 16.0. The lowest BCUT2D eigenvalue weighted by molar-refractivity contribution is -0.0705. The van der Waals surface area contributed by atoms with Crippen molar-refractivity contribution in [2.75, 3.05) is 44.9 Å². The predicted molar refractivity (Wildman–Crippen MR) is 168 cm³/mol. The molecule has 246 valence electrons. The summed E-state index contributed by atoms with van der Waals surface area (Å²) in [5.41, 5.74) is 1.97. The molecule has 0 bridgehead atoms. The number of rotatable bonds is 7. The molecule has 0 radical (unpaired) electrons. The van der Waals surface area contributed by atoms with E-state index < -0.39 is 23.4 Å². The monoisotopic (exact) mass is 666 g/mol. The van der Waals surface area contributed by atoms with Crippen LogP contribution in [-0.2, 0) is 33.1 Å². The zero-order valence-electron chi connectivity index (χ0n) is 25.9. The Bertz CT molecular complexity index is 1890. The number of hydrogen-bond donors (Lipinski definition) is 0. The number of nitrogens with zero attached hydrogens (tertiary/aromatic N) is 4. The van der Waals surface area contributed by atoms with Gasteiger partial charge in [0.1, 0.15) is 17.2 Å². The minimum absolute atomic E-state index is 0.00529. The predicted octanol–water partition coefficient (Wildman–Crippen LogP) is 5.28. The summed E-state index contributed by atoms with van der Waals surface area (Å²) >= 11 is 6.00. The fraction of sp³-hybridized carbons (Fsp3) is 0.412. The van der Waals surface area contributed by atoms with Crippen LogP contribution in [0.3, 0.4) is 0 Å². The molecule has 0 unspecified atom stereocenters. The molecule has 4 aliphatic rings. The zero-order chi connectivity index (χ0) is 32.4.